The molecule has 7 heteroatoms. The molecule has 3 N–H and O–H groups in total. The molecule has 2 atom stereocenters. The first-order chi connectivity index (χ1) is 12.9. The van der Waals surface area contributed by atoms with Crippen molar-refractivity contribution >= 4 is 29.3 Å². The number of amides is 3. The Morgan fingerprint density at radius 3 is 2.07 bits per heavy atom. The Morgan fingerprint density at radius 1 is 0.889 bits per heavy atom. The zero-order valence-corrected chi connectivity index (χ0v) is 15.9. The van der Waals surface area contributed by atoms with E-state index in [-0.39, 0.29) is 11.8 Å². The van der Waals surface area contributed by atoms with Crippen molar-refractivity contribution in [3.05, 3.63) is 70.7 Å². The molecule has 0 unspecified atom stereocenters. The topological polar surface area (TPSA) is 87.3 Å². The maximum atomic E-state index is 12.5. The summed E-state index contributed by atoms with van der Waals surface area (Å²) in [6.45, 7) is 3.77. The van der Waals surface area contributed by atoms with Crippen LogP contribution in [0.4, 0.5) is 0 Å². The first kappa shape index (κ1) is 20.5. The van der Waals surface area contributed by atoms with Crippen molar-refractivity contribution in [3.8, 4) is 0 Å². The van der Waals surface area contributed by atoms with Crippen LogP contribution in [-0.4, -0.2) is 23.8 Å². The Morgan fingerprint density at radius 2 is 1.48 bits per heavy atom. The van der Waals surface area contributed by atoms with Gasteiger partial charge >= 0.3 is 0 Å². The van der Waals surface area contributed by atoms with Gasteiger partial charge in [0.1, 0.15) is 6.04 Å². The molecule has 3 amide bonds. The van der Waals surface area contributed by atoms with Crippen LogP contribution in [0.3, 0.4) is 0 Å². The summed E-state index contributed by atoms with van der Waals surface area (Å²) in [6.07, 6.45) is 0.672. The molecule has 142 valence electrons. The first-order valence-electron chi connectivity index (χ1n) is 8.64. The fraction of sp³-hybridized carbons (Fsp3) is 0.250. The van der Waals surface area contributed by atoms with E-state index in [2.05, 4.69) is 16.2 Å². The molecule has 0 aliphatic heterocycles. The smallest absolute Gasteiger partial charge is 0.269 e. The third-order valence-electron chi connectivity index (χ3n) is 4.22. The Balaban J connectivity index is 2.02. The fourth-order valence-electron chi connectivity index (χ4n) is 2.39. The second-order valence-corrected chi connectivity index (χ2v) is 6.59. The lowest BCUT2D eigenvalue weighted by atomic mass is 9.98. The molecule has 27 heavy (non-hydrogen) atoms. The standard InChI is InChI=1S/C20H22ClN3O3/c1-3-13(2)17(22-18(25)15-9-11-16(21)12-10-15)20(27)24-23-19(26)14-7-5-4-6-8-14/h4-13,17H,3H2,1-2H3,(H,22,25)(H,23,26)(H,24,27)/t13-,17-/m0/s1. The second kappa shape index (κ2) is 9.73. The Kier molecular flexibility index (Phi) is 7.37. The maximum Gasteiger partial charge on any atom is 0.269 e. The summed E-state index contributed by atoms with van der Waals surface area (Å²) >= 11 is 5.83. The Bertz CT molecular complexity index is 794. The molecule has 0 saturated carbocycles. The summed E-state index contributed by atoms with van der Waals surface area (Å²) in [5.41, 5.74) is 5.58. The number of carbonyl (C=O) groups is 3. The molecule has 0 aromatic heterocycles. The van der Waals surface area contributed by atoms with Crippen molar-refractivity contribution < 1.29 is 14.4 Å². The van der Waals surface area contributed by atoms with Crippen LogP contribution >= 0.6 is 11.6 Å². The summed E-state index contributed by atoms with van der Waals surface area (Å²) in [5, 5.41) is 3.24. The molecule has 6 nitrogen and oxygen atoms in total. The summed E-state index contributed by atoms with van der Waals surface area (Å²) in [4.78, 5) is 37.0. The molecule has 2 aromatic rings. The van der Waals surface area contributed by atoms with Crippen LogP contribution in [-0.2, 0) is 4.79 Å². The highest BCUT2D eigenvalue weighted by Gasteiger charge is 2.26. The van der Waals surface area contributed by atoms with Crippen LogP contribution < -0.4 is 16.2 Å². The average Bonchev–Trinajstić information content (AvgIpc) is 2.70. The van der Waals surface area contributed by atoms with Crippen molar-refractivity contribution in [1.82, 2.24) is 16.2 Å². The highest BCUT2D eigenvalue weighted by atomic mass is 35.5. The normalized spacial score (nSPS) is 12.6. The van der Waals surface area contributed by atoms with Gasteiger partial charge in [0.25, 0.3) is 17.7 Å². The SMILES string of the molecule is CC[C@H](C)[C@H](NC(=O)c1ccc(Cl)cc1)C(=O)NNC(=O)c1ccccc1. The molecule has 0 fully saturated rings. The number of hydrazine groups is 1. The number of carbonyl (C=O) groups excluding carboxylic acids is 3. The van der Waals surface area contributed by atoms with E-state index in [0.717, 1.165) is 0 Å². The van der Waals surface area contributed by atoms with Crippen LogP contribution in [0.15, 0.2) is 54.6 Å². The van der Waals surface area contributed by atoms with Gasteiger partial charge < -0.3 is 5.32 Å². The molecule has 0 bridgehead atoms. The summed E-state index contributed by atoms with van der Waals surface area (Å²) < 4.78 is 0. The van der Waals surface area contributed by atoms with Crippen molar-refractivity contribution in [1.29, 1.82) is 0 Å². The van der Waals surface area contributed by atoms with Crippen molar-refractivity contribution in [3.63, 3.8) is 0 Å². The largest absolute Gasteiger partial charge is 0.340 e. The molecule has 2 aromatic carbocycles. The predicted molar refractivity (Wildman–Crippen MR) is 104 cm³/mol. The van der Waals surface area contributed by atoms with Crippen molar-refractivity contribution in [2.24, 2.45) is 5.92 Å². The Hall–Kier alpha value is -2.86. The van der Waals surface area contributed by atoms with Crippen molar-refractivity contribution in [2.45, 2.75) is 26.3 Å². The molecular formula is C20H22ClN3O3. The van der Waals surface area contributed by atoms with Crippen molar-refractivity contribution in [2.75, 3.05) is 0 Å². The molecule has 0 aliphatic carbocycles. The number of benzene rings is 2. The molecule has 0 heterocycles. The zero-order chi connectivity index (χ0) is 19.8. The van der Waals surface area contributed by atoms with E-state index in [1.54, 1.807) is 54.6 Å². The number of hydrogen-bond donors (Lipinski definition) is 3. The van der Waals surface area contributed by atoms with E-state index in [4.69, 9.17) is 11.6 Å². The summed E-state index contributed by atoms with van der Waals surface area (Å²) in [6, 6.07) is 14.1. The van der Waals surface area contributed by atoms with E-state index in [0.29, 0.717) is 22.6 Å². The molecule has 0 aliphatic rings. The molecule has 0 saturated heterocycles. The molecular weight excluding hydrogens is 366 g/mol. The lowest BCUT2D eigenvalue weighted by Crippen LogP contribution is -2.54. The quantitative estimate of drug-likeness (QED) is 0.666. The highest BCUT2D eigenvalue weighted by Crippen LogP contribution is 2.12. The maximum absolute atomic E-state index is 12.5. The summed E-state index contributed by atoms with van der Waals surface area (Å²) in [5.74, 6) is -1.44. The molecule has 0 spiro atoms. The van der Waals surface area contributed by atoms with Gasteiger partial charge in [-0.1, -0.05) is 50.1 Å². The van der Waals surface area contributed by atoms with E-state index in [9.17, 15) is 14.4 Å². The average molecular weight is 388 g/mol. The Labute approximate surface area is 163 Å². The number of nitrogens with one attached hydrogen (secondary N) is 3. The number of halogens is 1. The van der Waals surface area contributed by atoms with Gasteiger partial charge in [0.05, 0.1) is 0 Å². The second-order valence-electron chi connectivity index (χ2n) is 6.15. The van der Waals surface area contributed by atoms with Gasteiger partial charge in [0, 0.05) is 16.1 Å². The van der Waals surface area contributed by atoms with Crippen LogP contribution in [0.5, 0.6) is 0 Å². The third-order valence-corrected chi connectivity index (χ3v) is 4.48. The van der Waals surface area contributed by atoms with Crippen LogP contribution in [0.2, 0.25) is 5.02 Å². The van der Waals surface area contributed by atoms with Gasteiger partial charge in [-0.25, -0.2) is 0 Å². The third kappa shape index (κ3) is 5.82. The van der Waals surface area contributed by atoms with E-state index in [1.165, 1.54) is 0 Å². The lowest BCUT2D eigenvalue weighted by Gasteiger charge is -2.23. The van der Waals surface area contributed by atoms with Gasteiger partial charge in [0.15, 0.2) is 0 Å². The predicted octanol–water partition coefficient (Wildman–Crippen LogP) is 2.95. The zero-order valence-electron chi connectivity index (χ0n) is 15.2. The molecule has 2 rings (SSSR count). The van der Waals surface area contributed by atoms with Gasteiger partial charge in [-0.2, -0.15) is 0 Å². The van der Waals surface area contributed by atoms with Gasteiger partial charge in [-0.15, -0.1) is 0 Å². The van der Waals surface area contributed by atoms with Gasteiger partial charge in [-0.05, 0) is 42.3 Å². The van der Waals surface area contributed by atoms with E-state index < -0.39 is 17.9 Å². The number of hydrogen-bond acceptors (Lipinski definition) is 3. The van der Waals surface area contributed by atoms with Crippen LogP contribution in [0.25, 0.3) is 0 Å². The van der Waals surface area contributed by atoms with E-state index >= 15 is 0 Å². The summed E-state index contributed by atoms with van der Waals surface area (Å²) in [7, 11) is 0. The van der Waals surface area contributed by atoms with E-state index in [1.807, 2.05) is 13.8 Å². The minimum atomic E-state index is -0.797. The monoisotopic (exact) mass is 387 g/mol. The van der Waals surface area contributed by atoms with Crippen LogP contribution in [0, 0.1) is 5.92 Å². The van der Waals surface area contributed by atoms with Gasteiger partial charge in [0.2, 0.25) is 0 Å². The fourth-order valence-corrected chi connectivity index (χ4v) is 2.51. The highest BCUT2D eigenvalue weighted by molar-refractivity contribution is 6.30. The lowest BCUT2D eigenvalue weighted by molar-refractivity contribution is -0.124. The minimum absolute atomic E-state index is 0.130. The minimum Gasteiger partial charge on any atom is -0.340 e. The van der Waals surface area contributed by atoms with Gasteiger partial charge in [-0.3, -0.25) is 25.2 Å². The number of rotatable bonds is 6. The first-order valence-corrected chi connectivity index (χ1v) is 9.01. The van der Waals surface area contributed by atoms with Crippen LogP contribution in [0.1, 0.15) is 41.0 Å². The molecule has 0 radical (unpaired) electrons.